The summed E-state index contributed by atoms with van der Waals surface area (Å²) in [7, 11) is 0. The van der Waals surface area contributed by atoms with Gasteiger partial charge >= 0.3 is 17.9 Å². The number of esters is 3. The Labute approximate surface area is 167 Å². The lowest BCUT2D eigenvalue weighted by atomic mass is 9.86. The Balaban J connectivity index is 3.07. The van der Waals surface area contributed by atoms with Crippen molar-refractivity contribution in [2.24, 2.45) is 5.92 Å². The zero-order chi connectivity index (χ0) is 21.3. The molecule has 0 aromatic heterocycles. The van der Waals surface area contributed by atoms with Gasteiger partial charge < -0.3 is 19.1 Å². The van der Waals surface area contributed by atoms with Crippen LogP contribution in [0.3, 0.4) is 0 Å². The largest absolute Gasteiger partial charge is 0.466 e. The molecule has 0 spiro atoms. The zero-order valence-corrected chi connectivity index (χ0v) is 17.9. The smallest absolute Gasteiger partial charge is 0.336 e. The molecule has 158 valence electrons. The first-order chi connectivity index (χ1) is 13.3. The van der Waals surface area contributed by atoms with Gasteiger partial charge in [0.25, 0.3) is 0 Å². The highest BCUT2D eigenvalue weighted by Crippen LogP contribution is 2.36. The minimum atomic E-state index is -0.418. The molecule has 1 aliphatic rings. The van der Waals surface area contributed by atoms with Crippen molar-refractivity contribution in [2.45, 2.75) is 60.8 Å². The number of rotatable bonds is 10. The first-order valence-electron chi connectivity index (χ1n) is 9.98. The normalized spacial score (nSPS) is 15.0. The molecule has 0 aromatic carbocycles. The van der Waals surface area contributed by atoms with Crippen LogP contribution in [0.4, 0.5) is 0 Å². The molecule has 0 aliphatic carbocycles. The summed E-state index contributed by atoms with van der Waals surface area (Å²) in [5, 5.41) is 0. The highest BCUT2D eigenvalue weighted by Gasteiger charge is 2.36. The van der Waals surface area contributed by atoms with Crippen molar-refractivity contribution in [3.63, 3.8) is 0 Å². The van der Waals surface area contributed by atoms with Gasteiger partial charge in [0.05, 0.1) is 31.0 Å². The van der Waals surface area contributed by atoms with Crippen molar-refractivity contribution in [2.75, 3.05) is 26.4 Å². The van der Waals surface area contributed by atoms with Gasteiger partial charge in [-0.05, 0) is 47.5 Å². The number of hydrogen-bond acceptors (Lipinski definition) is 7. The summed E-state index contributed by atoms with van der Waals surface area (Å²) in [5.74, 6) is -1.46. The van der Waals surface area contributed by atoms with Crippen molar-refractivity contribution < 1.29 is 28.6 Å². The number of nitrogens with zero attached hydrogens (tertiary/aromatic N) is 1. The Morgan fingerprint density at radius 2 is 1.29 bits per heavy atom. The first kappa shape index (κ1) is 23.7. The highest BCUT2D eigenvalue weighted by atomic mass is 16.5. The van der Waals surface area contributed by atoms with E-state index in [1.807, 2.05) is 25.7 Å². The van der Waals surface area contributed by atoms with Gasteiger partial charge in [-0.15, -0.1) is 0 Å². The van der Waals surface area contributed by atoms with Gasteiger partial charge in [-0.1, -0.05) is 6.92 Å². The van der Waals surface area contributed by atoms with Crippen LogP contribution in [0, 0.1) is 5.92 Å². The lowest BCUT2D eigenvalue weighted by Gasteiger charge is -2.36. The number of carbonyl (C=O) groups is 3. The standard InChI is InChI=1S/C21H33NO6/c1-7-26-17(23)12-10-11-13-22-15(5)18(20(24)27-8-2)14(4)19(16(22)6)21(25)28-9-3/h14H,7-13H2,1-6H3. The lowest BCUT2D eigenvalue weighted by Crippen LogP contribution is -2.35. The van der Waals surface area contributed by atoms with Crippen LogP contribution in [0.2, 0.25) is 0 Å². The molecule has 0 atom stereocenters. The molecule has 0 amide bonds. The summed E-state index contributed by atoms with van der Waals surface area (Å²) in [6.45, 7) is 12.3. The summed E-state index contributed by atoms with van der Waals surface area (Å²) >= 11 is 0. The lowest BCUT2D eigenvalue weighted by molar-refractivity contribution is -0.143. The van der Waals surface area contributed by atoms with Crippen molar-refractivity contribution in [3.05, 3.63) is 22.5 Å². The molecule has 0 unspecified atom stereocenters. The van der Waals surface area contributed by atoms with Crippen LogP contribution in [0.15, 0.2) is 22.5 Å². The number of allylic oxidation sites excluding steroid dienone is 2. The molecule has 0 bridgehead atoms. The summed E-state index contributed by atoms with van der Waals surface area (Å²) in [5.41, 5.74) is 2.49. The minimum Gasteiger partial charge on any atom is -0.466 e. The molecule has 0 fully saturated rings. The van der Waals surface area contributed by atoms with E-state index in [1.165, 1.54) is 0 Å². The number of ether oxygens (including phenoxy) is 3. The molecule has 1 rings (SSSR count). The van der Waals surface area contributed by atoms with E-state index in [-0.39, 0.29) is 19.2 Å². The second-order valence-corrected chi connectivity index (χ2v) is 6.57. The summed E-state index contributed by atoms with van der Waals surface area (Å²) < 4.78 is 15.4. The summed E-state index contributed by atoms with van der Waals surface area (Å²) in [6, 6.07) is 0. The van der Waals surface area contributed by atoms with Crippen molar-refractivity contribution in [3.8, 4) is 0 Å². The van der Waals surface area contributed by atoms with Crippen LogP contribution in [0.5, 0.6) is 0 Å². The fraction of sp³-hybridized carbons (Fsp3) is 0.667. The van der Waals surface area contributed by atoms with Crippen LogP contribution in [0.1, 0.15) is 60.8 Å². The summed E-state index contributed by atoms with van der Waals surface area (Å²) in [4.78, 5) is 38.6. The van der Waals surface area contributed by atoms with E-state index in [0.717, 1.165) is 11.4 Å². The van der Waals surface area contributed by atoms with E-state index in [9.17, 15) is 14.4 Å². The quantitative estimate of drug-likeness (QED) is 0.319. The minimum absolute atomic E-state index is 0.214. The van der Waals surface area contributed by atoms with Gasteiger partial charge in [0.1, 0.15) is 0 Å². The monoisotopic (exact) mass is 395 g/mol. The molecule has 7 nitrogen and oxygen atoms in total. The van der Waals surface area contributed by atoms with Gasteiger partial charge in [0.2, 0.25) is 0 Å². The highest BCUT2D eigenvalue weighted by molar-refractivity contribution is 5.97. The van der Waals surface area contributed by atoms with Crippen molar-refractivity contribution >= 4 is 17.9 Å². The van der Waals surface area contributed by atoms with Gasteiger partial charge in [-0.2, -0.15) is 0 Å². The molecule has 0 radical (unpaired) electrons. The Kier molecular flexibility index (Phi) is 9.76. The van der Waals surface area contributed by atoms with Crippen LogP contribution >= 0.6 is 0 Å². The maximum Gasteiger partial charge on any atom is 0.336 e. The number of carbonyl (C=O) groups excluding carboxylic acids is 3. The van der Waals surface area contributed by atoms with Crippen molar-refractivity contribution in [1.82, 2.24) is 4.90 Å². The molecule has 0 aromatic rings. The molecule has 7 heteroatoms. The molecule has 0 saturated carbocycles. The Bertz CT molecular complexity index is 607. The van der Waals surface area contributed by atoms with Gasteiger partial charge in [0.15, 0.2) is 0 Å². The van der Waals surface area contributed by atoms with E-state index in [0.29, 0.717) is 43.6 Å². The Morgan fingerprint density at radius 1 is 0.821 bits per heavy atom. The topological polar surface area (TPSA) is 82.1 Å². The third-order valence-corrected chi connectivity index (χ3v) is 4.76. The maximum absolute atomic E-state index is 12.5. The fourth-order valence-electron chi connectivity index (χ4n) is 3.49. The molecular weight excluding hydrogens is 362 g/mol. The molecule has 1 heterocycles. The third-order valence-electron chi connectivity index (χ3n) is 4.76. The van der Waals surface area contributed by atoms with Gasteiger partial charge in [-0.3, -0.25) is 4.79 Å². The van der Waals surface area contributed by atoms with Gasteiger partial charge in [-0.25, -0.2) is 9.59 Å². The second kappa shape index (κ2) is 11.5. The van der Waals surface area contributed by atoms with Gasteiger partial charge in [0, 0.05) is 30.3 Å². The van der Waals surface area contributed by atoms with Crippen LogP contribution in [0.25, 0.3) is 0 Å². The SMILES string of the molecule is CCOC(=O)CCCCN1C(C)=C(C(=O)OCC)C(C)C(C(=O)OCC)=C1C. The van der Waals surface area contributed by atoms with Crippen LogP contribution < -0.4 is 0 Å². The molecule has 0 N–H and O–H groups in total. The number of unbranched alkanes of at least 4 members (excludes halogenated alkanes) is 1. The maximum atomic E-state index is 12.5. The predicted octanol–water partition coefficient (Wildman–Crippen LogP) is 3.35. The van der Waals surface area contributed by atoms with E-state index >= 15 is 0 Å². The molecule has 1 aliphatic heterocycles. The second-order valence-electron chi connectivity index (χ2n) is 6.57. The van der Waals surface area contributed by atoms with Crippen LogP contribution in [-0.4, -0.2) is 49.2 Å². The average molecular weight is 395 g/mol. The zero-order valence-electron chi connectivity index (χ0n) is 17.9. The Hall–Kier alpha value is -2.31. The van der Waals surface area contributed by atoms with E-state index in [2.05, 4.69) is 0 Å². The molecule has 28 heavy (non-hydrogen) atoms. The first-order valence-corrected chi connectivity index (χ1v) is 9.98. The molecule has 0 saturated heterocycles. The summed E-state index contributed by atoms with van der Waals surface area (Å²) in [6.07, 6.45) is 1.72. The van der Waals surface area contributed by atoms with Crippen LogP contribution in [-0.2, 0) is 28.6 Å². The van der Waals surface area contributed by atoms with E-state index in [1.54, 1.807) is 20.8 Å². The molecular formula is C21H33NO6. The van der Waals surface area contributed by atoms with E-state index < -0.39 is 17.9 Å². The third kappa shape index (κ3) is 5.84. The van der Waals surface area contributed by atoms with E-state index in [4.69, 9.17) is 14.2 Å². The predicted molar refractivity (Wildman–Crippen MR) is 105 cm³/mol. The number of hydrogen-bond donors (Lipinski definition) is 0. The fourth-order valence-corrected chi connectivity index (χ4v) is 3.49. The average Bonchev–Trinajstić information content (AvgIpc) is 2.61. The Morgan fingerprint density at radius 3 is 1.71 bits per heavy atom. The van der Waals surface area contributed by atoms with Crippen molar-refractivity contribution in [1.29, 1.82) is 0 Å².